The average Bonchev–Trinajstić information content (AvgIpc) is 3.81. The lowest BCUT2D eigenvalue weighted by Crippen LogP contribution is -2.54. The number of aromatic nitrogens is 2. The second-order valence-electron chi connectivity index (χ2n) is 14.8. The molecule has 46 heavy (non-hydrogen) atoms. The number of hydrogen-bond acceptors (Lipinski definition) is 6. The second kappa shape index (κ2) is 11.3. The van der Waals surface area contributed by atoms with E-state index in [-0.39, 0.29) is 42.2 Å². The molecule has 3 heterocycles. The summed E-state index contributed by atoms with van der Waals surface area (Å²) < 4.78 is 17.5. The number of carbonyl (C=O) groups excluding carboxylic acids is 2. The third kappa shape index (κ3) is 5.14. The number of piperidine rings is 1. The first-order valence-electron chi connectivity index (χ1n) is 16.7. The molecule has 2 saturated heterocycles. The lowest BCUT2D eigenvalue weighted by atomic mass is 9.75. The van der Waals surface area contributed by atoms with Gasteiger partial charge in [0.15, 0.2) is 0 Å². The summed E-state index contributed by atoms with van der Waals surface area (Å²) in [7, 11) is 0.955. The molecule has 2 N–H and O–H groups in total. The summed E-state index contributed by atoms with van der Waals surface area (Å²) in [5.74, 6) is 1.02. The number of benzene rings is 2. The number of carbonyl (C=O) groups is 2. The van der Waals surface area contributed by atoms with Crippen molar-refractivity contribution in [1.29, 1.82) is 0 Å². The van der Waals surface area contributed by atoms with Crippen molar-refractivity contribution in [3.8, 4) is 22.4 Å². The van der Waals surface area contributed by atoms with Crippen LogP contribution < -0.4 is 10.8 Å². The highest BCUT2D eigenvalue weighted by molar-refractivity contribution is 6.62. The minimum atomic E-state index is -0.653. The monoisotopic (exact) mass is 624 g/mol. The summed E-state index contributed by atoms with van der Waals surface area (Å²) in [4.78, 5) is 36.4. The highest BCUT2D eigenvalue weighted by atomic mass is 16.7. The molecule has 2 aromatic carbocycles. The van der Waals surface area contributed by atoms with Gasteiger partial charge >= 0.3 is 13.2 Å². The summed E-state index contributed by atoms with van der Waals surface area (Å²) in [6.07, 6.45) is 6.22. The molecule has 2 amide bonds. The molecule has 2 aliphatic heterocycles. The van der Waals surface area contributed by atoms with Crippen LogP contribution in [0.4, 0.5) is 4.79 Å². The van der Waals surface area contributed by atoms with Gasteiger partial charge in [0.05, 0.1) is 36.2 Å². The van der Waals surface area contributed by atoms with Crippen LogP contribution in [0.15, 0.2) is 42.6 Å². The number of fused-ring (bicyclic) bond motifs is 5. The topological polar surface area (TPSA) is 106 Å². The van der Waals surface area contributed by atoms with Crippen LogP contribution in [0.1, 0.15) is 83.8 Å². The van der Waals surface area contributed by atoms with Crippen LogP contribution in [-0.2, 0) is 31.7 Å². The summed E-state index contributed by atoms with van der Waals surface area (Å²) in [6, 6.07) is 12.6. The van der Waals surface area contributed by atoms with Crippen molar-refractivity contribution >= 4 is 24.6 Å². The van der Waals surface area contributed by atoms with E-state index in [4.69, 9.17) is 19.0 Å². The van der Waals surface area contributed by atoms with Gasteiger partial charge in [-0.05, 0) is 111 Å². The maximum Gasteiger partial charge on any atom is 0.494 e. The van der Waals surface area contributed by atoms with Gasteiger partial charge in [0.2, 0.25) is 5.91 Å². The van der Waals surface area contributed by atoms with E-state index in [0.29, 0.717) is 5.92 Å². The normalized spacial score (nSPS) is 24.6. The molecule has 4 atom stereocenters. The van der Waals surface area contributed by atoms with Gasteiger partial charge in [0.1, 0.15) is 11.9 Å². The van der Waals surface area contributed by atoms with Gasteiger partial charge in [-0.25, -0.2) is 9.78 Å². The largest absolute Gasteiger partial charge is 0.494 e. The van der Waals surface area contributed by atoms with Crippen molar-refractivity contribution in [1.82, 2.24) is 20.2 Å². The molecule has 0 radical (unpaired) electrons. The number of aromatic amines is 1. The highest BCUT2D eigenvalue weighted by Crippen LogP contribution is 2.50. The van der Waals surface area contributed by atoms with E-state index in [1.54, 1.807) is 0 Å². The number of likely N-dealkylation sites (tertiary alicyclic amines) is 1. The van der Waals surface area contributed by atoms with Crippen molar-refractivity contribution in [3.63, 3.8) is 0 Å². The molecule has 10 heteroatoms. The molecule has 2 aliphatic carbocycles. The molecule has 3 fully saturated rings. The Balaban J connectivity index is 1.12. The van der Waals surface area contributed by atoms with Crippen LogP contribution in [0.5, 0.6) is 0 Å². The number of imidazole rings is 1. The number of alkyl carbamates (subject to hydrolysis) is 1. The molecule has 3 unspecified atom stereocenters. The van der Waals surface area contributed by atoms with Crippen molar-refractivity contribution < 1.29 is 23.6 Å². The molecule has 242 valence electrons. The Morgan fingerprint density at radius 3 is 2.37 bits per heavy atom. The third-order valence-electron chi connectivity index (χ3n) is 11.1. The number of H-pyrrole nitrogens is 1. The van der Waals surface area contributed by atoms with Crippen LogP contribution in [0.25, 0.3) is 22.4 Å². The van der Waals surface area contributed by atoms with Crippen molar-refractivity contribution in [2.45, 2.75) is 103 Å². The lowest BCUT2D eigenvalue weighted by molar-refractivity contribution is -0.139. The Morgan fingerprint density at radius 1 is 1.02 bits per heavy atom. The highest BCUT2D eigenvalue weighted by Gasteiger charge is 2.53. The smallest absolute Gasteiger partial charge is 0.453 e. The fraction of sp³-hybridized carbons (Fsp3) is 0.528. The second-order valence-corrected chi connectivity index (χ2v) is 14.8. The van der Waals surface area contributed by atoms with Gasteiger partial charge in [0, 0.05) is 6.04 Å². The summed E-state index contributed by atoms with van der Waals surface area (Å²) in [5, 5.41) is 2.77. The van der Waals surface area contributed by atoms with Gasteiger partial charge < -0.3 is 29.2 Å². The van der Waals surface area contributed by atoms with E-state index in [2.05, 4.69) is 74.4 Å². The standard InChI is InChI=1S/C36H45BN4O5/c1-20(2)30(40-34(43)44-7)33(42)41-26-13-10-24(18-26)31(41)32-38-19-29(39-32)23-11-14-27-21(16-23)8-9-22-17-25(12-15-28(22)27)37-45-35(3,4)36(5,6)46-37/h11-12,14-17,19-20,24,26,30-31H,8-10,13,18H2,1-7H3,(H,38,39)(H,40,43)/t24?,26?,30-,31?/m0/s1. The van der Waals surface area contributed by atoms with Crippen LogP contribution in [0.2, 0.25) is 0 Å². The summed E-state index contributed by atoms with van der Waals surface area (Å²) in [5.41, 5.74) is 7.51. The number of nitrogens with zero attached hydrogens (tertiary/aromatic N) is 2. The minimum Gasteiger partial charge on any atom is -0.453 e. The summed E-state index contributed by atoms with van der Waals surface area (Å²) in [6.45, 7) is 12.2. The first kappa shape index (κ1) is 31.0. The van der Waals surface area contributed by atoms with Crippen molar-refractivity contribution in [2.24, 2.45) is 11.8 Å². The fourth-order valence-corrected chi connectivity index (χ4v) is 7.86. The van der Waals surface area contributed by atoms with Crippen LogP contribution in [-0.4, -0.2) is 64.4 Å². The fourth-order valence-electron chi connectivity index (χ4n) is 7.86. The first-order valence-corrected chi connectivity index (χ1v) is 16.7. The molecular formula is C36H45BN4O5. The lowest BCUT2D eigenvalue weighted by Gasteiger charge is -2.37. The van der Waals surface area contributed by atoms with E-state index >= 15 is 0 Å². The van der Waals surface area contributed by atoms with Crippen molar-refractivity contribution in [3.05, 3.63) is 59.5 Å². The molecule has 2 bridgehead atoms. The summed E-state index contributed by atoms with van der Waals surface area (Å²) >= 11 is 0. The molecule has 3 aromatic rings. The molecule has 1 saturated carbocycles. The number of amides is 2. The van der Waals surface area contributed by atoms with Gasteiger partial charge in [-0.2, -0.15) is 0 Å². The van der Waals surface area contributed by atoms with E-state index in [1.165, 1.54) is 29.4 Å². The Morgan fingerprint density at radius 2 is 1.70 bits per heavy atom. The Hall–Kier alpha value is -3.63. The molecule has 0 spiro atoms. The molecule has 1 aromatic heterocycles. The quantitative estimate of drug-likeness (QED) is 0.348. The molecule has 9 nitrogen and oxygen atoms in total. The Kier molecular flexibility index (Phi) is 7.59. The number of aryl methyl sites for hydroxylation is 2. The van der Waals surface area contributed by atoms with E-state index in [1.807, 2.05) is 24.9 Å². The predicted octanol–water partition coefficient (Wildman–Crippen LogP) is 5.57. The Labute approximate surface area is 271 Å². The zero-order valence-corrected chi connectivity index (χ0v) is 28.0. The van der Waals surface area contributed by atoms with Gasteiger partial charge in [-0.3, -0.25) is 4.79 Å². The zero-order chi connectivity index (χ0) is 32.5. The van der Waals surface area contributed by atoms with Crippen molar-refractivity contribution in [2.75, 3.05) is 7.11 Å². The van der Waals surface area contributed by atoms with E-state index in [9.17, 15) is 9.59 Å². The Bertz CT molecular complexity index is 1670. The van der Waals surface area contributed by atoms with Gasteiger partial charge in [0.25, 0.3) is 0 Å². The third-order valence-corrected chi connectivity index (χ3v) is 11.1. The SMILES string of the molecule is COC(=O)N[C@H](C(=O)N1C2CCC(C2)C1c1ncc(-c2ccc3c(c2)CCc2cc(B4OC(C)(C)C(C)(C)O4)ccc2-3)[nH]1)C(C)C. The number of hydrogen-bond donors (Lipinski definition) is 2. The van der Waals surface area contributed by atoms with Gasteiger partial charge in [-0.1, -0.05) is 44.2 Å². The number of methoxy groups -OCH3 is 1. The van der Waals surface area contributed by atoms with Gasteiger partial charge in [-0.15, -0.1) is 0 Å². The average molecular weight is 625 g/mol. The van der Waals surface area contributed by atoms with Crippen LogP contribution in [0, 0.1) is 11.8 Å². The number of rotatable bonds is 6. The van der Waals surface area contributed by atoms with Crippen LogP contribution in [0.3, 0.4) is 0 Å². The van der Waals surface area contributed by atoms with E-state index in [0.717, 1.165) is 54.6 Å². The molecule has 7 rings (SSSR count). The number of ether oxygens (including phenoxy) is 1. The maximum atomic E-state index is 13.9. The van der Waals surface area contributed by atoms with E-state index < -0.39 is 12.1 Å². The maximum absolute atomic E-state index is 13.9. The molecule has 4 aliphatic rings. The number of nitrogens with one attached hydrogen (secondary N) is 2. The first-order chi connectivity index (χ1) is 21.9. The zero-order valence-electron chi connectivity index (χ0n) is 28.0. The van der Waals surface area contributed by atoms with Crippen LogP contribution >= 0.6 is 0 Å². The molecular weight excluding hydrogens is 579 g/mol. The predicted molar refractivity (Wildman–Crippen MR) is 177 cm³/mol. The minimum absolute atomic E-state index is 0.0652.